The largest absolute Gasteiger partial charge is 0.508 e. The van der Waals surface area contributed by atoms with E-state index in [1.54, 1.807) is 24.3 Å². The molecule has 0 saturated heterocycles. The molecule has 0 amide bonds. The van der Waals surface area contributed by atoms with E-state index in [-0.39, 0.29) is 5.75 Å². The number of phenols is 1. The van der Waals surface area contributed by atoms with Crippen molar-refractivity contribution >= 4 is 17.7 Å². The van der Waals surface area contributed by atoms with E-state index in [0.29, 0.717) is 11.3 Å². The maximum absolute atomic E-state index is 11.2. The molecule has 4 nitrogen and oxygen atoms in total. The van der Waals surface area contributed by atoms with Gasteiger partial charge in [0.15, 0.2) is 0 Å². The minimum atomic E-state index is -1.05. The molecule has 5 heteroatoms. The molecular formula is C16H17NO3S. The Labute approximate surface area is 127 Å². The molecule has 0 fully saturated rings. The number of aliphatic carboxylic acids is 1. The van der Waals surface area contributed by atoms with Gasteiger partial charge >= 0.3 is 5.97 Å². The van der Waals surface area contributed by atoms with E-state index in [2.05, 4.69) is 0 Å². The number of thioether (sulfide) groups is 1. The maximum atomic E-state index is 11.2. The Morgan fingerprint density at radius 2 is 1.86 bits per heavy atom. The number of hydrogen-bond donors (Lipinski definition) is 3. The van der Waals surface area contributed by atoms with Crippen LogP contribution in [0.15, 0.2) is 54.6 Å². The molecule has 0 aliphatic carbocycles. The molecule has 0 saturated carbocycles. The highest BCUT2D eigenvalue weighted by Crippen LogP contribution is 2.35. The van der Waals surface area contributed by atoms with Crippen molar-refractivity contribution in [2.75, 3.05) is 0 Å². The van der Waals surface area contributed by atoms with Gasteiger partial charge < -0.3 is 15.9 Å². The Morgan fingerprint density at radius 1 is 1.14 bits per heavy atom. The predicted octanol–water partition coefficient (Wildman–Crippen LogP) is 2.78. The lowest BCUT2D eigenvalue weighted by Crippen LogP contribution is -2.35. The molecule has 0 radical (unpaired) electrons. The van der Waals surface area contributed by atoms with Crippen LogP contribution in [0.3, 0.4) is 0 Å². The minimum Gasteiger partial charge on any atom is -0.508 e. The average molecular weight is 303 g/mol. The molecule has 110 valence electrons. The number of nitrogens with two attached hydrogens (primary N) is 1. The number of carboxylic acids is 1. The zero-order valence-electron chi connectivity index (χ0n) is 11.3. The second kappa shape index (κ2) is 7.15. The van der Waals surface area contributed by atoms with Crippen molar-refractivity contribution in [2.45, 2.75) is 17.0 Å². The van der Waals surface area contributed by atoms with Gasteiger partial charge in [-0.05, 0) is 23.3 Å². The van der Waals surface area contributed by atoms with E-state index in [1.807, 2.05) is 30.3 Å². The van der Waals surface area contributed by atoms with E-state index in [0.717, 1.165) is 5.56 Å². The molecule has 0 bridgehead atoms. The van der Waals surface area contributed by atoms with Crippen LogP contribution in [0.2, 0.25) is 0 Å². The number of carboxylic acid groups (broad SMARTS) is 1. The van der Waals surface area contributed by atoms with Crippen molar-refractivity contribution in [1.29, 1.82) is 0 Å². The molecule has 0 aliphatic heterocycles. The molecule has 2 aromatic rings. The summed E-state index contributed by atoms with van der Waals surface area (Å²) in [4.78, 5) is 11.2. The number of benzene rings is 2. The van der Waals surface area contributed by atoms with Gasteiger partial charge in [0.05, 0.1) is 5.25 Å². The fourth-order valence-corrected chi connectivity index (χ4v) is 3.23. The van der Waals surface area contributed by atoms with Gasteiger partial charge in [-0.2, -0.15) is 0 Å². The summed E-state index contributed by atoms with van der Waals surface area (Å²) in [5.41, 5.74) is 7.62. The average Bonchev–Trinajstić information content (AvgIpc) is 2.48. The van der Waals surface area contributed by atoms with Crippen LogP contribution in [0, 0.1) is 0 Å². The minimum absolute atomic E-state index is 0.107. The van der Waals surface area contributed by atoms with Gasteiger partial charge in [0, 0.05) is 5.75 Å². The molecule has 2 rings (SSSR count). The normalized spacial score (nSPS) is 13.6. The molecule has 2 atom stereocenters. The molecule has 2 aromatic carbocycles. The molecule has 21 heavy (non-hydrogen) atoms. The fraction of sp³-hybridized carbons (Fsp3) is 0.188. The van der Waals surface area contributed by atoms with Crippen molar-refractivity contribution in [3.63, 3.8) is 0 Å². The summed E-state index contributed by atoms with van der Waals surface area (Å²) in [6.45, 7) is 0. The first-order valence-corrected chi connectivity index (χ1v) is 7.55. The third-order valence-corrected chi connectivity index (χ3v) is 4.51. The van der Waals surface area contributed by atoms with E-state index in [4.69, 9.17) is 5.73 Å². The van der Waals surface area contributed by atoms with Crippen LogP contribution in [0.4, 0.5) is 0 Å². The van der Waals surface area contributed by atoms with Gasteiger partial charge in [0.2, 0.25) is 0 Å². The molecule has 0 heterocycles. The number of aromatic hydroxyl groups is 1. The van der Waals surface area contributed by atoms with Crippen molar-refractivity contribution in [2.24, 2.45) is 5.73 Å². The molecule has 0 aliphatic rings. The van der Waals surface area contributed by atoms with Crippen LogP contribution in [-0.4, -0.2) is 22.2 Å². The van der Waals surface area contributed by atoms with Crippen LogP contribution >= 0.6 is 11.8 Å². The highest BCUT2D eigenvalue weighted by atomic mass is 32.2. The van der Waals surface area contributed by atoms with Crippen molar-refractivity contribution in [3.8, 4) is 5.75 Å². The highest BCUT2D eigenvalue weighted by Gasteiger charge is 2.26. The first kappa shape index (κ1) is 15.4. The number of carbonyl (C=O) groups is 1. The lowest BCUT2D eigenvalue weighted by atomic mass is 10.1. The molecule has 2 unspecified atom stereocenters. The molecule has 4 N–H and O–H groups in total. The van der Waals surface area contributed by atoms with E-state index >= 15 is 0 Å². The van der Waals surface area contributed by atoms with Crippen molar-refractivity contribution < 1.29 is 15.0 Å². The Balaban J connectivity index is 2.18. The van der Waals surface area contributed by atoms with Crippen LogP contribution < -0.4 is 5.73 Å². The van der Waals surface area contributed by atoms with Crippen LogP contribution in [0.1, 0.15) is 16.4 Å². The van der Waals surface area contributed by atoms with Gasteiger partial charge in [-0.15, -0.1) is 11.8 Å². The van der Waals surface area contributed by atoms with Crippen molar-refractivity contribution in [1.82, 2.24) is 0 Å². The van der Waals surface area contributed by atoms with E-state index in [9.17, 15) is 15.0 Å². The predicted molar refractivity (Wildman–Crippen MR) is 84.2 cm³/mol. The molecular weight excluding hydrogens is 286 g/mol. The van der Waals surface area contributed by atoms with Crippen LogP contribution in [0.5, 0.6) is 5.75 Å². The first-order chi connectivity index (χ1) is 10.1. The first-order valence-electron chi connectivity index (χ1n) is 6.51. The van der Waals surface area contributed by atoms with Gasteiger partial charge in [-0.25, -0.2) is 0 Å². The second-order valence-electron chi connectivity index (χ2n) is 4.68. The standard InChI is InChI=1S/C16H17NO3S/c17-14(16(19)20)15(12-7-4-8-13(18)9-12)21-10-11-5-2-1-3-6-11/h1-9,14-15,18H,10,17H2,(H,19,20). The molecule has 0 aromatic heterocycles. The zero-order valence-corrected chi connectivity index (χ0v) is 12.2. The Hall–Kier alpha value is -1.98. The Morgan fingerprint density at radius 3 is 2.48 bits per heavy atom. The van der Waals surface area contributed by atoms with E-state index in [1.165, 1.54) is 11.8 Å². The summed E-state index contributed by atoms with van der Waals surface area (Å²) in [6.07, 6.45) is 0. The van der Waals surface area contributed by atoms with E-state index < -0.39 is 17.3 Å². The van der Waals surface area contributed by atoms with Crippen LogP contribution in [-0.2, 0) is 10.5 Å². The maximum Gasteiger partial charge on any atom is 0.321 e. The van der Waals surface area contributed by atoms with Gasteiger partial charge in [-0.1, -0.05) is 42.5 Å². The monoisotopic (exact) mass is 303 g/mol. The summed E-state index contributed by atoms with van der Waals surface area (Å²) in [5, 5.41) is 18.3. The Kier molecular flexibility index (Phi) is 5.25. The second-order valence-corrected chi connectivity index (χ2v) is 5.81. The third-order valence-electron chi connectivity index (χ3n) is 3.08. The highest BCUT2D eigenvalue weighted by molar-refractivity contribution is 7.98. The summed E-state index contributed by atoms with van der Waals surface area (Å²) in [5.74, 6) is -0.290. The summed E-state index contributed by atoms with van der Waals surface area (Å²) in [7, 11) is 0. The Bertz CT molecular complexity index is 603. The number of phenolic OH excluding ortho intramolecular Hbond substituents is 1. The number of rotatable bonds is 6. The smallest absolute Gasteiger partial charge is 0.321 e. The van der Waals surface area contributed by atoms with Crippen LogP contribution in [0.25, 0.3) is 0 Å². The van der Waals surface area contributed by atoms with Gasteiger partial charge in [-0.3, -0.25) is 4.79 Å². The lowest BCUT2D eigenvalue weighted by molar-refractivity contribution is -0.138. The lowest BCUT2D eigenvalue weighted by Gasteiger charge is -2.21. The third kappa shape index (κ3) is 4.24. The fourth-order valence-electron chi connectivity index (χ4n) is 2.00. The number of hydrogen-bond acceptors (Lipinski definition) is 4. The summed E-state index contributed by atoms with van der Waals surface area (Å²) in [6, 6.07) is 15.3. The SMILES string of the molecule is NC(C(=O)O)C(SCc1ccccc1)c1cccc(O)c1. The van der Waals surface area contributed by atoms with Gasteiger partial charge in [0.1, 0.15) is 11.8 Å². The topological polar surface area (TPSA) is 83.6 Å². The quantitative estimate of drug-likeness (QED) is 0.764. The van der Waals surface area contributed by atoms with Crippen molar-refractivity contribution in [3.05, 3.63) is 65.7 Å². The summed E-state index contributed by atoms with van der Waals surface area (Å²) >= 11 is 1.46. The zero-order chi connectivity index (χ0) is 15.2. The van der Waals surface area contributed by atoms with Gasteiger partial charge in [0.25, 0.3) is 0 Å². The summed E-state index contributed by atoms with van der Waals surface area (Å²) < 4.78 is 0. The molecule has 0 spiro atoms.